The van der Waals surface area contributed by atoms with Crippen LogP contribution in [0.5, 0.6) is 0 Å². The van der Waals surface area contributed by atoms with E-state index in [1.54, 1.807) is 0 Å². The molecule has 0 radical (unpaired) electrons. The SMILES string of the molecule is c1ccc(-c2cccc(-c3ccc(C(c4cccc(-c5ccc(-c6ccc7oc8ccccc8c7c6)cc5)c4)c4cccc5ccccc45)cc3)c2)cc1. The van der Waals surface area contributed by atoms with Crippen molar-refractivity contribution in [3.05, 3.63) is 229 Å². The second kappa shape index (κ2) is 13.5. The Morgan fingerprint density at radius 1 is 0.278 bits per heavy atom. The molecule has 54 heavy (non-hydrogen) atoms. The van der Waals surface area contributed by atoms with E-state index >= 15 is 0 Å². The summed E-state index contributed by atoms with van der Waals surface area (Å²) in [7, 11) is 0. The maximum atomic E-state index is 6.08. The summed E-state index contributed by atoms with van der Waals surface area (Å²) >= 11 is 0. The zero-order valence-electron chi connectivity index (χ0n) is 29.7. The van der Waals surface area contributed by atoms with E-state index in [1.807, 2.05) is 12.1 Å². The van der Waals surface area contributed by atoms with Crippen LogP contribution < -0.4 is 0 Å². The van der Waals surface area contributed by atoms with Crippen molar-refractivity contribution in [2.75, 3.05) is 0 Å². The third-order valence-corrected chi connectivity index (χ3v) is 10.8. The molecule has 1 unspecified atom stereocenters. The third kappa shape index (κ3) is 5.87. The minimum atomic E-state index is 0.0523. The van der Waals surface area contributed by atoms with Crippen LogP contribution >= 0.6 is 0 Å². The lowest BCUT2D eigenvalue weighted by Gasteiger charge is -2.22. The normalized spacial score (nSPS) is 12.0. The van der Waals surface area contributed by atoms with Gasteiger partial charge in [0, 0.05) is 16.7 Å². The van der Waals surface area contributed by atoms with Crippen LogP contribution in [-0.2, 0) is 0 Å². The maximum Gasteiger partial charge on any atom is 0.135 e. The van der Waals surface area contributed by atoms with Crippen LogP contribution in [0.2, 0.25) is 0 Å². The first-order valence-electron chi connectivity index (χ1n) is 18.6. The Bertz CT molecular complexity index is 2910. The summed E-state index contributed by atoms with van der Waals surface area (Å²) in [5.74, 6) is 0.0523. The van der Waals surface area contributed by atoms with Gasteiger partial charge in [0.2, 0.25) is 0 Å². The standard InChI is InChI=1S/C53H36O/c1-2-11-36(12-3-1)42-15-8-16-43(33-42)38-27-29-41(30-28-38)53(49-21-10-14-40-13-4-5-19-47(40)49)46-18-9-17-44(34-46)37-23-25-39(26-24-37)45-31-32-52-50(35-45)48-20-6-7-22-51(48)54-52/h1-35,53H. The van der Waals surface area contributed by atoms with Crippen LogP contribution in [0.25, 0.3) is 77.2 Å². The zero-order chi connectivity index (χ0) is 35.8. The largest absolute Gasteiger partial charge is 0.456 e. The summed E-state index contributed by atoms with van der Waals surface area (Å²) in [6.07, 6.45) is 0. The molecule has 0 aliphatic rings. The minimum Gasteiger partial charge on any atom is -0.456 e. The minimum absolute atomic E-state index is 0.0523. The summed E-state index contributed by atoms with van der Waals surface area (Å²) in [6, 6.07) is 76.9. The van der Waals surface area contributed by atoms with Crippen LogP contribution in [0.4, 0.5) is 0 Å². The van der Waals surface area contributed by atoms with E-state index in [4.69, 9.17) is 4.42 Å². The molecule has 254 valence electrons. The highest BCUT2D eigenvalue weighted by Crippen LogP contribution is 2.39. The zero-order valence-corrected chi connectivity index (χ0v) is 29.7. The van der Waals surface area contributed by atoms with E-state index in [2.05, 4.69) is 200 Å². The lowest BCUT2D eigenvalue weighted by molar-refractivity contribution is 0.669. The first-order valence-corrected chi connectivity index (χ1v) is 18.6. The lowest BCUT2D eigenvalue weighted by atomic mass is 9.81. The van der Waals surface area contributed by atoms with Gasteiger partial charge in [0.1, 0.15) is 11.2 Å². The molecular formula is C53H36O. The number of benzene rings is 9. The number of hydrogen-bond donors (Lipinski definition) is 0. The first-order chi connectivity index (χ1) is 26.7. The van der Waals surface area contributed by atoms with Gasteiger partial charge in [-0.05, 0) is 96.2 Å². The van der Waals surface area contributed by atoms with Gasteiger partial charge in [0.25, 0.3) is 0 Å². The topological polar surface area (TPSA) is 13.1 Å². The fraction of sp³-hybridized carbons (Fsp3) is 0.0189. The predicted octanol–water partition coefficient (Wildman–Crippen LogP) is 14.6. The lowest BCUT2D eigenvalue weighted by Crippen LogP contribution is -2.04. The molecule has 0 saturated heterocycles. The molecular weight excluding hydrogens is 653 g/mol. The number of para-hydroxylation sites is 1. The molecule has 1 heterocycles. The molecule has 0 amide bonds. The molecule has 0 fully saturated rings. The van der Waals surface area contributed by atoms with Gasteiger partial charge in [0.15, 0.2) is 0 Å². The van der Waals surface area contributed by atoms with Crippen LogP contribution in [0.3, 0.4) is 0 Å². The Hall–Kier alpha value is -6.96. The Kier molecular flexibility index (Phi) is 7.96. The van der Waals surface area contributed by atoms with Crippen molar-refractivity contribution in [1.29, 1.82) is 0 Å². The predicted molar refractivity (Wildman–Crippen MR) is 227 cm³/mol. The highest BCUT2D eigenvalue weighted by molar-refractivity contribution is 6.06. The molecule has 1 heteroatoms. The highest BCUT2D eigenvalue weighted by atomic mass is 16.3. The van der Waals surface area contributed by atoms with Gasteiger partial charge in [-0.25, -0.2) is 0 Å². The van der Waals surface area contributed by atoms with Gasteiger partial charge in [-0.1, -0.05) is 188 Å². The second-order valence-electron chi connectivity index (χ2n) is 14.1. The average Bonchev–Trinajstić information content (AvgIpc) is 3.63. The fourth-order valence-electron chi connectivity index (χ4n) is 8.09. The summed E-state index contributed by atoms with van der Waals surface area (Å²) < 4.78 is 6.08. The van der Waals surface area contributed by atoms with Crippen molar-refractivity contribution >= 4 is 32.7 Å². The van der Waals surface area contributed by atoms with E-state index in [-0.39, 0.29) is 5.92 Å². The van der Waals surface area contributed by atoms with Crippen molar-refractivity contribution < 1.29 is 4.42 Å². The Morgan fingerprint density at radius 2 is 0.778 bits per heavy atom. The summed E-state index contributed by atoms with van der Waals surface area (Å²) in [5, 5.41) is 4.83. The van der Waals surface area contributed by atoms with Crippen molar-refractivity contribution in [2.45, 2.75) is 5.92 Å². The molecule has 0 spiro atoms. The van der Waals surface area contributed by atoms with E-state index in [1.165, 1.54) is 72.0 Å². The molecule has 0 aliphatic carbocycles. The average molecular weight is 689 g/mol. The molecule has 9 aromatic carbocycles. The molecule has 0 aliphatic heterocycles. The number of hydrogen-bond acceptors (Lipinski definition) is 1. The van der Waals surface area contributed by atoms with E-state index in [9.17, 15) is 0 Å². The molecule has 0 saturated carbocycles. The van der Waals surface area contributed by atoms with Crippen LogP contribution in [0.1, 0.15) is 22.6 Å². The Balaban J connectivity index is 1.01. The second-order valence-corrected chi connectivity index (χ2v) is 14.1. The van der Waals surface area contributed by atoms with Gasteiger partial charge < -0.3 is 4.42 Å². The highest BCUT2D eigenvalue weighted by Gasteiger charge is 2.20. The number of rotatable bonds is 7. The maximum absolute atomic E-state index is 6.08. The summed E-state index contributed by atoms with van der Waals surface area (Å²) in [6.45, 7) is 0. The number of furan rings is 1. The summed E-state index contributed by atoms with van der Waals surface area (Å²) in [5.41, 5.74) is 15.3. The third-order valence-electron chi connectivity index (χ3n) is 10.8. The van der Waals surface area contributed by atoms with Gasteiger partial charge in [-0.3, -0.25) is 0 Å². The molecule has 10 rings (SSSR count). The van der Waals surface area contributed by atoms with E-state index in [0.717, 1.165) is 21.9 Å². The van der Waals surface area contributed by atoms with Crippen LogP contribution in [0.15, 0.2) is 217 Å². The van der Waals surface area contributed by atoms with Crippen molar-refractivity contribution in [3.63, 3.8) is 0 Å². The first kappa shape index (κ1) is 31.7. The summed E-state index contributed by atoms with van der Waals surface area (Å²) in [4.78, 5) is 0. The van der Waals surface area contributed by atoms with Crippen LogP contribution in [-0.4, -0.2) is 0 Å². The molecule has 10 aromatic rings. The smallest absolute Gasteiger partial charge is 0.135 e. The van der Waals surface area contributed by atoms with Crippen LogP contribution in [0, 0.1) is 0 Å². The van der Waals surface area contributed by atoms with Gasteiger partial charge in [0.05, 0.1) is 0 Å². The molecule has 1 atom stereocenters. The Labute approximate surface area is 315 Å². The van der Waals surface area contributed by atoms with Crippen molar-refractivity contribution in [1.82, 2.24) is 0 Å². The van der Waals surface area contributed by atoms with Gasteiger partial charge in [-0.2, -0.15) is 0 Å². The van der Waals surface area contributed by atoms with Gasteiger partial charge >= 0.3 is 0 Å². The van der Waals surface area contributed by atoms with E-state index in [0.29, 0.717) is 0 Å². The molecule has 0 N–H and O–H groups in total. The Morgan fingerprint density at radius 3 is 1.54 bits per heavy atom. The fourth-order valence-corrected chi connectivity index (χ4v) is 8.09. The van der Waals surface area contributed by atoms with Gasteiger partial charge in [-0.15, -0.1) is 0 Å². The number of fused-ring (bicyclic) bond motifs is 4. The molecule has 0 bridgehead atoms. The molecule has 1 nitrogen and oxygen atoms in total. The quantitative estimate of drug-likeness (QED) is 0.152. The van der Waals surface area contributed by atoms with Crippen molar-refractivity contribution in [3.8, 4) is 44.5 Å². The monoisotopic (exact) mass is 688 g/mol. The van der Waals surface area contributed by atoms with E-state index < -0.39 is 0 Å². The van der Waals surface area contributed by atoms with Crippen molar-refractivity contribution in [2.24, 2.45) is 0 Å². The molecule has 1 aromatic heterocycles.